The third kappa shape index (κ3) is 1.20. The molecule has 1 saturated heterocycles. The standard InChI is InChI=1S/C9H14N4O/c1-3-14-4-2-13(1)9-7-5-10-6-8(7)11-12-9/h10H,1-6H2,(H,11,12). The second-order valence-corrected chi connectivity index (χ2v) is 3.71. The Kier molecular flexibility index (Phi) is 1.92. The average Bonchev–Trinajstić information content (AvgIpc) is 2.79. The fourth-order valence-corrected chi connectivity index (χ4v) is 2.07. The van der Waals surface area contributed by atoms with E-state index in [4.69, 9.17) is 4.74 Å². The van der Waals surface area contributed by atoms with Crippen LogP contribution in [0.15, 0.2) is 0 Å². The van der Waals surface area contributed by atoms with Gasteiger partial charge in [-0.1, -0.05) is 0 Å². The highest BCUT2D eigenvalue weighted by Gasteiger charge is 2.23. The lowest BCUT2D eigenvalue weighted by Crippen LogP contribution is -2.37. The van der Waals surface area contributed by atoms with Crippen LogP contribution in [0.1, 0.15) is 11.3 Å². The predicted molar refractivity (Wildman–Crippen MR) is 52.2 cm³/mol. The zero-order valence-electron chi connectivity index (χ0n) is 8.05. The number of ether oxygens (including phenoxy) is 1. The molecule has 2 N–H and O–H groups in total. The Balaban J connectivity index is 1.88. The first-order valence-electron chi connectivity index (χ1n) is 5.04. The fourth-order valence-electron chi connectivity index (χ4n) is 2.07. The van der Waals surface area contributed by atoms with Gasteiger partial charge in [-0.05, 0) is 0 Å². The maximum absolute atomic E-state index is 5.32. The van der Waals surface area contributed by atoms with Crippen LogP contribution in [0.3, 0.4) is 0 Å². The molecular formula is C9H14N4O. The molecule has 0 atom stereocenters. The molecule has 2 aliphatic heterocycles. The number of rotatable bonds is 1. The molecule has 3 heterocycles. The van der Waals surface area contributed by atoms with Crippen LogP contribution in [-0.4, -0.2) is 36.5 Å². The van der Waals surface area contributed by atoms with Crippen molar-refractivity contribution in [1.29, 1.82) is 0 Å². The number of hydrogen-bond acceptors (Lipinski definition) is 4. The molecule has 5 nitrogen and oxygen atoms in total. The van der Waals surface area contributed by atoms with Gasteiger partial charge in [0.1, 0.15) is 0 Å². The smallest absolute Gasteiger partial charge is 0.155 e. The molecule has 0 spiro atoms. The number of nitrogens with one attached hydrogen (secondary N) is 2. The minimum atomic E-state index is 0.815. The van der Waals surface area contributed by atoms with Crippen molar-refractivity contribution in [3.8, 4) is 0 Å². The van der Waals surface area contributed by atoms with E-state index in [2.05, 4.69) is 20.4 Å². The summed E-state index contributed by atoms with van der Waals surface area (Å²) in [7, 11) is 0. The molecular weight excluding hydrogens is 180 g/mol. The SMILES string of the molecule is C1CN(c2n[nH]c3c2CNC3)CCO1. The number of anilines is 1. The van der Waals surface area contributed by atoms with E-state index >= 15 is 0 Å². The molecule has 0 unspecified atom stereocenters. The van der Waals surface area contributed by atoms with E-state index in [1.54, 1.807) is 0 Å². The van der Waals surface area contributed by atoms with E-state index < -0.39 is 0 Å². The number of H-pyrrole nitrogens is 1. The van der Waals surface area contributed by atoms with Crippen LogP contribution in [0.5, 0.6) is 0 Å². The Morgan fingerprint density at radius 1 is 1.21 bits per heavy atom. The maximum Gasteiger partial charge on any atom is 0.155 e. The lowest BCUT2D eigenvalue weighted by molar-refractivity contribution is 0.122. The van der Waals surface area contributed by atoms with Crippen LogP contribution in [0.4, 0.5) is 5.82 Å². The van der Waals surface area contributed by atoms with Gasteiger partial charge in [-0.3, -0.25) is 5.10 Å². The molecule has 0 aliphatic carbocycles. The molecule has 1 fully saturated rings. The molecule has 0 radical (unpaired) electrons. The molecule has 1 aromatic rings. The van der Waals surface area contributed by atoms with Crippen molar-refractivity contribution in [3.63, 3.8) is 0 Å². The Labute approximate surface area is 82.4 Å². The van der Waals surface area contributed by atoms with Crippen molar-refractivity contribution in [3.05, 3.63) is 11.3 Å². The maximum atomic E-state index is 5.32. The summed E-state index contributed by atoms with van der Waals surface area (Å²) in [5, 5.41) is 10.8. The largest absolute Gasteiger partial charge is 0.378 e. The number of morpholine rings is 1. The topological polar surface area (TPSA) is 53.2 Å². The summed E-state index contributed by atoms with van der Waals surface area (Å²) < 4.78 is 5.32. The van der Waals surface area contributed by atoms with Gasteiger partial charge >= 0.3 is 0 Å². The second kappa shape index (κ2) is 3.25. The first-order chi connectivity index (χ1) is 6.95. The van der Waals surface area contributed by atoms with Crippen molar-refractivity contribution < 1.29 is 4.74 Å². The van der Waals surface area contributed by atoms with Crippen molar-refractivity contribution in [2.45, 2.75) is 13.1 Å². The molecule has 0 bridgehead atoms. The Hall–Kier alpha value is -1.07. The highest BCUT2D eigenvalue weighted by Crippen LogP contribution is 2.24. The van der Waals surface area contributed by atoms with E-state index in [1.165, 1.54) is 11.3 Å². The average molecular weight is 194 g/mol. The fraction of sp³-hybridized carbons (Fsp3) is 0.667. The van der Waals surface area contributed by atoms with E-state index in [9.17, 15) is 0 Å². The zero-order chi connectivity index (χ0) is 9.38. The summed E-state index contributed by atoms with van der Waals surface area (Å²) in [6.45, 7) is 5.41. The van der Waals surface area contributed by atoms with Crippen LogP contribution < -0.4 is 10.2 Å². The number of hydrogen-bond donors (Lipinski definition) is 2. The van der Waals surface area contributed by atoms with E-state index in [1.807, 2.05) is 0 Å². The van der Waals surface area contributed by atoms with Gasteiger partial charge in [-0.15, -0.1) is 0 Å². The molecule has 76 valence electrons. The second-order valence-electron chi connectivity index (χ2n) is 3.71. The van der Waals surface area contributed by atoms with Crippen molar-refractivity contribution in [2.75, 3.05) is 31.2 Å². The quantitative estimate of drug-likeness (QED) is 0.653. The van der Waals surface area contributed by atoms with Gasteiger partial charge in [0.25, 0.3) is 0 Å². The van der Waals surface area contributed by atoms with Gasteiger partial charge in [0.2, 0.25) is 0 Å². The van der Waals surface area contributed by atoms with Gasteiger partial charge in [0.05, 0.1) is 18.9 Å². The van der Waals surface area contributed by atoms with Crippen molar-refractivity contribution in [1.82, 2.24) is 15.5 Å². The lowest BCUT2D eigenvalue weighted by atomic mass is 10.2. The van der Waals surface area contributed by atoms with Crippen LogP contribution in [-0.2, 0) is 17.8 Å². The van der Waals surface area contributed by atoms with Crippen molar-refractivity contribution in [2.24, 2.45) is 0 Å². The monoisotopic (exact) mass is 194 g/mol. The minimum absolute atomic E-state index is 0.815. The van der Waals surface area contributed by atoms with Gasteiger partial charge in [-0.2, -0.15) is 5.10 Å². The molecule has 1 aromatic heterocycles. The van der Waals surface area contributed by atoms with Gasteiger partial charge in [0, 0.05) is 31.7 Å². The summed E-state index contributed by atoms with van der Waals surface area (Å²) in [5.41, 5.74) is 2.58. The number of nitrogens with zero attached hydrogens (tertiary/aromatic N) is 2. The first-order valence-corrected chi connectivity index (χ1v) is 5.04. The summed E-state index contributed by atoms with van der Waals surface area (Å²) in [6.07, 6.45) is 0. The molecule has 2 aliphatic rings. The minimum Gasteiger partial charge on any atom is -0.378 e. The zero-order valence-corrected chi connectivity index (χ0v) is 8.05. The Morgan fingerprint density at radius 2 is 2.07 bits per heavy atom. The molecule has 14 heavy (non-hydrogen) atoms. The van der Waals surface area contributed by atoms with E-state index in [-0.39, 0.29) is 0 Å². The summed E-state index contributed by atoms with van der Waals surface area (Å²) in [6, 6.07) is 0. The van der Waals surface area contributed by atoms with Gasteiger partial charge < -0.3 is 15.0 Å². The normalized spacial score (nSPS) is 21.3. The summed E-state index contributed by atoms with van der Waals surface area (Å²) >= 11 is 0. The van der Waals surface area contributed by atoms with Crippen LogP contribution in [0.2, 0.25) is 0 Å². The first kappa shape index (κ1) is 8.26. The molecule has 0 aromatic carbocycles. The number of fused-ring (bicyclic) bond motifs is 1. The van der Waals surface area contributed by atoms with Gasteiger partial charge in [-0.25, -0.2) is 0 Å². The molecule has 0 amide bonds. The Bertz CT molecular complexity index is 330. The lowest BCUT2D eigenvalue weighted by Gasteiger charge is -2.27. The predicted octanol–water partition coefficient (Wildman–Crippen LogP) is -0.151. The van der Waals surface area contributed by atoms with Crippen molar-refractivity contribution >= 4 is 5.82 Å². The van der Waals surface area contributed by atoms with Crippen LogP contribution in [0, 0.1) is 0 Å². The van der Waals surface area contributed by atoms with Gasteiger partial charge in [0.15, 0.2) is 5.82 Å². The third-order valence-corrected chi connectivity index (χ3v) is 2.85. The highest BCUT2D eigenvalue weighted by molar-refractivity contribution is 5.50. The summed E-state index contributed by atoms with van der Waals surface area (Å²) in [5.74, 6) is 1.12. The molecule has 3 rings (SSSR count). The summed E-state index contributed by atoms with van der Waals surface area (Å²) in [4.78, 5) is 2.30. The third-order valence-electron chi connectivity index (χ3n) is 2.85. The van der Waals surface area contributed by atoms with Crippen LogP contribution in [0.25, 0.3) is 0 Å². The number of aromatic nitrogens is 2. The van der Waals surface area contributed by atoms with E-state index in [0.717, 1.165) is 45.2 Å². The highest BCUT2D eigenvalue weighted by atomic mass is 16.5. The molecule has 5 heteroatoms. The number of aromatic amines is 1. The Morgan fingerprint density at radius 3 is 2.93 bits per heavy atom. The van der Waals surface area contributed by atoms with Crippen LogP contribution >= 0.6 is 0 Å². The van der Waals surface area contributed by atoms with E-state index in [0.29, 0.717) is 0 Å². The molecule has 0 saturated carbocycles.